The summed E-state index contributed by atoms with van der Waals surface area (Å²) in [6.45, 7) is 5.04. The fourth-order valence-electron chi connectivity index (χ4n) is 2.44. The van der Waals surface area contributed by atoms with Gasteiger partial charge in [-0.2, -0.15) is 0 Å². The molecule has 0 aromatic heterocycles. The van der Waals surface area contributed by atoms with E-state index in [-0.39, 0.29) is 0 Å². The van der Waals surface area contributed by atoms with E-state index in [0.29, 0.717) is 11.6 Å². The number of benzene rings is 1. The molecular weight excluding hydrogens is 228 g/mol. The second kappa shape index (κ2) is 5.87. The fraction of sp³-hybridized carbons (Fsp3) is 0.500. The summed E-state index contributed by atoms with van der Waals surface area (Å²) in [6.07, 6.45) is 2.33. The zero-order valence-electron chi connectivity index (χ0n) is 10.7. The van der Waals surface area contributed by atoms with Gasteiger partial charge in [0.2, 0.25) is 0 Å². The predicted molar refractivity (Wildman–Crippen MR) is 72.3 cm³/mol. The fourth-order valence-corrected chi connectivity index (χ4v) is 2.44. The van der Waals surface area contributed by atoms with E-state index in [1.165, 1.54) is 6.42 Å². The molecule has 0 saturated carbocycles. The predicted octanol–water partition coefficient (Wildman–Crippen LogP) is 1.96. The van der Waals surface area contributed by atoms with Crippen LogP contribution in [0.1, 0.15) is 30.1 Å². The smallest absolute Gasteiger partial charge is 0.335 e. The third-order valence-corrected chi connectivity index (χ3v) is 3.35. The van der Waals surface area contributed by atoms with Crippen molar-refractivity contribution >= 4 is 11.7 Å². The van der Waals surface area contributed by atoms with E-state index in [4.69, 9.17) is 5.11 Å². The van der Waals surface area contributed by atoms with Crippen LogP contribution in [0.5, 0.6) is 0 Å². The maximum atomic E-state index is 11.0. The average molecular weight is 248 g/mol. The quantitative estimate of drug-likeness (QED) is 0.855. The largest absolute Gasteiger partial charge is 0.478 e. The van der Waals surface area contributed by atoms with E-state index in [2.05, 4.69) is 17.1 Å². The standard InChI is InChI=1S/C14H20N2O2/c1-2-4-12-10-16(8-7-15-12)13-6-3-5-11(9-13)14(17)18/h3,5-6,9,12,15H,2,4,7-8,10H2,1H3,(H,17,18)/t12-/m1/s1. The first-order chi connectivity index (χ1) is 8.70. The van der Waals surface area contributed by atoms with Crippen molar-refractivity contribution < 1.29 is 9.90 Å². The summed E-state index contributed by atoms with van der Waals surface area (Å²) in [5.41, 5.74) is 1.37. The maximum Gasteiger partial charge on any atom is 0.335 e. The molecule has 1 aliphatic heterocycles. The van der Waals surface area contributed by atoms with Gasteiger partial charge in [0.15, 0.2) is 0 Å². The van der Waals surface area contributed by atoms with Crippen molar-refractivity contribution in [3.8, 4) is 0 Å². The van der Waals surface area contributed by atoms with Crippen molar-refractivity contribution in [1.29, 1.82) is 0 Å². The molecule has 2 rings (SSSR count). The van der Waals surface area contributed by atoms with Crippen LogP contribution in [0.15, 0.2) is 24.3 Å². The highest BCUT2D eigenvalue weighted by molar-refractivity contribution is 5.88. The normalized spacial score (nSPS) is 19.8. The molecule has 1 heterocycles. The van der Waals surface area contributed by atoms with Crippen molar-refractivity contribution in [3.05, 3.63) is 29.8 Å². The Labute approximate surface area is 108 Å². The number of hydrogen-bond acceptors (Lipinski definition) is 3. The van der Waals surface area contributed by atoms with Crippen LogP contribution in [0.4, 0.5) is 5.69 Å². The van der Waals surface area contributed by atoms with Crippen LogP contribution in [0, 0.1) is 0 Å². The molecule has 0 spiro atoms. The topological polar surface area (TPSA) is 52.6 Å². The monoisotopic (exact) mass is 248 g/mol. The maximum absolute atomic E-state index is 11.0. The van der Waals surface area contributed by atoms with Gasteiger partial charge >= 0.3 is 5.97 Å². The number of carboxylic acid groups (broad SMARTS) is 1. The lowest BCUT2D eigenvalue weighted by atomic mass is 10.1. The summed E-state index contributed by atoms with van der Waals surface area (Å²) < 4.78 is 0. The van der Waals surface area contributed by atoms with Gasteiger partial charge in [-0.15, -0.1) is 0 Å². The van der Waals surface area contributed by atoms with Crippen molar-refractivity contribution in [2.24, 2.45) is 0 Å². The van der Waals surface area contributed by atoms with Gasteiger partial charge in [-0.3, -0.25) is 0 Å². The lowest BCUT2D eigenvalue weighted by Crippen LogP contribution is -2.50. The number of piperazine rings is 1. The van der Waals surface area contributed by atoms with Gasteiger partial charge in [0.05, 0.1) is 5.56 Å². The number of anilines is 1. The first-order valence-corrected chi connectivity index (χ1v) is 6.52. The summed E-state index contributed by atoms with van der Waals surface area (Å²) in [6, 6.07) is 7.71. The summed E-state index contributed by atoms with van der Waals surface area (Å²) in [7, 11) is 0. The molecule has 18 heavy (non-hydrogen) atoms. The Morgan fingerprint density at radius 1 is 1.56 bits per heavy atom. The number of hydrogen-bond donors (Lipinski definition) is 2. The first-order valence-electron chi connectivity index (χ1n) is 6.52. The van der Waals surface area contributed by atoms with Gasteiger partial charge in [0.25, 0.3) is 0 Å². The minimum atomic E-state index is -0.864. The molecule has 1 aromatic carbocycles. The van der Waals surface area contributed by atoms with Crippen LogP contribution in [-0.2, 0) is 0 Å². The Hall–Kier alpha value is -1.55. The number of nitrogens with one attached hydrogen (secondary N) is 1. The Morgan fingerprint density at radius 2 is 2.39 bits per heavy atom. The Balaban J connectivity index is 2.10. The summed E-state index contributed by atoms with van der Waals surface area (Å²) in [5, 5.41) is 12.5. The SMILES string of the molecule is CCC[C@@H]1CN(c2cccc(C(=O)O)c2)CCN1. The summed E-state index contributed by atoms with van der Waals surface area (Å²) in [4.78, 5) is 13.2. The Morgan fingerprint density at radius 3 is 3.11 bits per heavy atom. The molecule has 1 atom stereocenters. The highest BCUT2D eigenvalue weighted by atomic mass is 16.4. The van der Waals surface area contributed by atoms with Crippen LogP contribution in [-0.4, -0.2) is 36.8 Å². The number of carboxylic acids is 1. The van der Waals surface area contributed by atoms with Gasteiger partial charge in [-0.25, -0.2) is 4.79 Å². The molecule has 1 saturated heterocycles. The first kappa shape index (κ1) is 12.9. The van der Waals surface area contributed by atoms with Crippen LogP contribution in [0.2, 0.25) is 0 Å². The second-order valence-corrected chi connectivity index (χ2v) is 4.74. The number of aromatic carboxylic acids is 1. The van der Waals surface area contributed by atoms with Crippen molar-refractivity contribution in [1.82, 2.24) is 5.32 Å². The van der Waals surface area contributed by atoms with Gasteiger partial charge in [-0.05, 0) is 24.6 Å². The third kappa shape index (κ3) is 3.01. The van der Waals surface area contributed by atoms with Crippen LogP contribution >= 0.6 is 0 Å². The molecule has 0 aliphatic carbocycles. The Bertz CT molecular complexity index is 418. The molecule has 1 aliphatic rings. The van der Waals surface area contributed by atoms with Crippen LogP contribution in [0.25, 0.3) is 0 Å². The van der Waals surface area contributed by atoms with E-state index in [1.54, 1.807) is 12.1 Å². The van der Waals surface area contributed by atoms with Crippen molar-refractivity contribution in [2.75, 3.05) is 24.5 Å². The van der Waals surface area contributed by atoms with E-state index in [0.717, 1.165) is 31.7 Å². The second-order valence-electron chi connectivity index (χ2n) is 4.74. The van der Waals surface area contributed by atoms with Crippen molar-refractivity contribution in [3.63, 3.8) is 0 Å². The molecular formula is C14H20N2O2. The number of rotatable bonds is 4. The van der Waals surface area contributed by atoms with Gasteiger partial charge in [0, 0.05) is 31.4 Å². The average Bonchev–Trinajstić information content (AvgIpc) is 2.39. The Kier molecular flexibility index (Phi) is 4.20. The molecule has 4 nitrogen and oxygen atoms in total. The number of nitrogens with zero attached hydrogens (tertiary/aromatic N) is 1. The zero-order valence-corrected chi connectivity index (χ0v) is 10.7. The van der Waals surface area contributed by atoms with E-state index in [1.807, 2.05) is 12.1 Å². The molecule has 0 unspecified atom stereocenters. The summed E-state index contributed by atoms with van der Waals surface area (Å²) >= 11 is 0. The molecule has 1 fully saturated rings. The zero-order chi connectivity index (χ0) is 13.0. The highest BCUT2D eigenvalue weighted by Crippen LogP contribution is 2.18. The molecule has 0 amide bonds. The third-order valence-electron chi connectivity index (χ3n) is 3.35. The molecule has 98 valence electrons. The molecule has 1 aromatic rings. The molecule has 0 bridgehead atoms. The lowest BCUT2D eigenvalue weighted by Gasteiger charge is -2.35. The van der Waals surface area contributed by atoms with Gasteiger partial charge < -0.3 is 15.3 Å². The minimum Gasteiger partial charge on any atom is -0.478 e. The van der Waals surface area contributed by atoms with Crippen molar-refractivity contribution in [2.45, 2.75) is 25.8 Å². The van der Waals surface area contributed by atoms with Crippen LogP contribution < -0.4 is 10.2 Å². The van der Waals surface area contributed by atoms with E-state index in [9.17, 15) is 4.79 Å². The minimum absolute atomic E-state index is 0.359. The van der Waals surface area contributed by atoms with E-state index < -0.39 is 5.97 Å². The lowest BCUT2D eigenvalue weighted by molar-refractivity contribution is 0.0697. The molecule has 0 radical (unpaired) electrons. The van der Waals surface area contributed by atoms with Gasteiger partial charge in [0.1, 0.15) is 0 Å². The number of carbonyl (C=O) groups is 1. The highest BCUT2D eigenvalue weighted by Gasteiger charge is 2.19. The van der Waals surface area contributed by atoms with E-state index >= 15 is 0 Å². The molecule has 4 heteroatoms. The summed E-state index contributed by atoms with van der Waals surface area (Å²) in [5.74, 6) is -0.864. The van der Waals surface area contributed by atoms with Crippen LogP contribution in [0.3, 0.4) is 0 Å². The molecule has 2 N–H and O–H groups in total. The van der Waals surface area contributed by atoms with Gasteiger partial charge in [-0.1, -0.05) is 19.4 Å².